The van der Waals surface area contributed by atoms with Crippen molar-refractivity contribution in [2.45, 2.75) is 51.4 Å². The monoisotopic (exact) mass is 188 g/mol. The van der Waals surface area contributed by atoms with Crippen LogP contribution in [0.1, 0.15) is 39.5 Å². The molecule has 1 N–H and O–H groups in total. The lowest BCUT2D eigenvalue weighted by Gasteiger charge is -2.20. The van der Waals surface area contributed by atoms with Crippen LogP contribution in [0.4, 0.5) is 0 Å². The highest BCUT2D eigenvalue weighted by Gasteiger charge is 2.34. The Bertz CT molecular complexity index is 149. The third-order valence-electron chi connectivity index (χ3n) is 2.57. The minimum atomic E-state index is -0.357. The van der Waals surface area contributed by atoms with Gasteiger partial charge in [0.15, 0.2) is 5.79 Å². The fourth-order valence-corrected chi connectivity index (χ4v) is 1.50. The van der Waals surface area contributed by atoms with E-state index in [0.29, 0.717) is 6.61 Å². The van der Waals surface area contributed by atoms with Crippen molar-refractivity contribution in [1.29, 1.82) is 0 Å². The molecule has 0 saturated carbocycles. The SMILES string of the molecule is CCC1(C)OCC(CCCCO)O1. The summed E-state index contributed by atoms with van der Waals surface area (Å²) in [6.07, 6.45) is 4.00. The Morgan fingerprint density at radius 1 is 1.46 bits per heavy atom. The lowest BCUT2D eigenvalue weighted by molar-refractivity contribution is -0.155. The lowest BCUT2D eigenvalue weighted by atomic mass is 10.2. The van der Waals surface area contributed by atoms with Gasteiger partial charge in [-0.1, -0.05) is 6.92 Å². The number of aliphatic hydroxyl groups excluding tert-OH is 1. The highest BCUT2D eigenvalue weighted by atomic mass is 16.7. The largest absolute Gasteiger partial charge is 0.396 e. The van der Waals surface area contributed by atoms with E-state index >= 15 is 0 Å². The van der Waals surface area contributed by atoms with Gasteiger partial charge in [0, 0.05) is 6.61 Å². The van der Waals surface area contributed by atoms with E-state index in [-0.39, 0.29) is 18.5 Å². The van der Waals surface area contributed by atoms with Crippen LogP contribution >= 0.6 is 0 Å². The van der Waals surface area contributed by atoms with Crippen molar-refractivity contribution in [3.8, 4) is 0 Å². The number of hydrogen-bond acceptors (Lipinski definition) is 3. The molecular weight excluding hydrogens is 168 g/mol. The molecule has 0 aliphatic carbocycles. The standard InChI is InChI=1S/C10H20O3/c1-3-10(2)12-8-9(13-10)6-4-5-7-11/h9,11H,3-8H2,1-2H3. The molecule has 0 aromatic heterocycles. The van der Waals surface area contributed by atoms with E-state index in [9.17, 15) is 0 Å². The van der Waals surface area contributed by atoms with E-state index < -0.39 is 0 Å². The zero-order valence-corrected chi connectivity index (χ0v) is 8.58. The number of aliphatic hydroxyl groups is 1. The van der Waals surface area contributed by atoms with Gasteiger partial charge in [-0.25, -0.2) is 0 Å². The molecule has 0 spiro atoms. The molecular formula is C10H20O3. The number of hydrogen-bond donors (Lipinski definition) is 1. The maximum absolute atomic E-state index is 8.62. The third-order valence-corrected chi connectivity index (χ3v) is 2.57. The Morgan fingerprint density at radius 3 is 2.77 bits per heavy atom. The lowest BCUT2D eigenvalue weighted by Crippen LogP contribution is -2.25. The Hall–Kier alpha value is -0.120. The molecule has 0 radical (unpaired) electrons. The minimum absolute atomic E-state index is 0.233. The van der Waals surface area contributed by atoms with Gasteiger partial charge in [-0.15, -0.1) is 0 Å². The van der Waals surface area contributed by atoms with Crippen LogP contribution in [0.25, 0.3) is 0 Å². The molecule has 1 rings (SSSR count). The van der Waals surface area contributed by atoms with Crippen molar-refractivity contribution >= 4 is 0 Å². The van der Waals surface area contributed by atoms with Crippen molar-refractivity contribution in [2.24, 2.45) is 0 Å². The highest BCUT2D eigenvalue weighted by Crippen LogP contribution is 2.28. The summed E-state index contributed by atoms with van der Waals surface area (Å²) in [6.45, 7) is 5.03. The molecule has 2 unspecified atom stereocenters. The van der Waals surface area contributed by atoms with Crippen molar-refractivity contribution in [2.75, 3.05) is 13.2 Å². The molecule has 13 heavy (non-hydrogen) atoms. The molecule has 2 atom stereocenters. The highest BCUT2D eigenvalue weighted by molar-refractivity contribution is 4.73. The fraction of sp³-hybridized carbons (Fsp3) is 1.00. The van der Waals surface area contributed by atoms with Crippen LogP contribution < -0.4 is 0 Å². The van der Waals surface area contributed by atoms with Gasteiger partial charge in [0.25, 0.3) is 0 Å². The van der Waals surface area contributed by atoms with Gasteiger partial charge in [-0.3, -0.25) is 0 Å². The predicted molar refractivity (Wildman–Crippen MR) is 50.5 cm³/mol. The summed E-state index contributed by atoms with van der Waals surface area (Å²) in [4.78, 5) is 0. The van der Waals surface area contributed by atoms with Crippen LogP contribution in [-0.4, -0.2) is 30.2 Å². The van der Waals surface area contributed by atoms with Gasteiger partial charge in [-0.2, -0.15) is 0 Å². The second-order valence-electron chi connectivity index (χ2n) is 3.76. The number of rotatable bonds is 5. The van der Waals surface area contributed by atoms with Crippen molar-refractivity contribution < 1.29 is 14.6 Å². The second-order valence-corrected chi connectivity index (χ2v) is 3.76. The van der Waals surface area contributed by atoms with Crippen LogP contribution in [0.3, 0.4) is 0 Å². The Labute approximate surface area is 80.0 Å². The zero-order valence-electron chi connectivity index (χ0n) is 8.58. The molecule has 3 nitrogen and oxygen atoms in total. The van der Waals surface area contributed by atoms with Crippen molar-refractivity contribution in [1.82, 2.24) is 0 Å². The molecule has 78 valence electrons. The first-order chi connectivity index (χ1) is 6.20. The fourth-order valence-electron chi connectivity index (χ4n) is 1.50. The number of ether oxygens (including phenoxy) is 2. The molecule has 0 amide bonds. The summed E-state index contributed by atoms with van der Waals surface area (Å²) in [5, 5.41) is 8.62. The summed E-state index contributed by atoms with van der Waals surface area (Å²) >= 11 is 0. The molecule has 3 heteroatoms. The van der Waals surface area contributed by atoms with Gasteiger partial charge < -0.3 is 14.6 Å². The average Bonchev–Trinajstić information content (AvgIpc) is 2.50. The molecule has 1 saturated heterocycles. The molecule has 0 aromatic carbocycles. The second kappa shape index (κ2) is 4.94. The van der Waals surface area contributed by atoms with Crippen LogP contribution in [-0.2, 0) is 9.47 Å². The first-order valence-corrected chi connectivity index (χ1v) is 5.13. The molecule has 1 aliphatic rings. The molecule has 0 bridgehead atoms. The van der Waals surface area contributed by atoms with Gasteiger partial charge in [0.1, 0.15) is 0 Å². The molecule has 1 fully saturated rings. The zero-order chi connectivity index (χ0) is 9.73. The summed E-state index contributed by atoms with van der Waals surface area (Å²) < 4.78 is 11.3. The van der Waals surface area contributed by atoms with E-state index in [0.717, 1.165) is 25.7 Å². The molecule has 1 heterocycles. The first kappa shape index (κ1) is 11.0. The van der Waals surface area contributed by atoms with E-state index in [1.54, 1.807) is 0 Å². The Kier molecular flexibility index (Phi) is 4.16. The van der Waals surface area contributed by atoms with Crippen LogP contribution in [0.5, 0.6) is 0 Å². The van der Waals surface area contributed by atoms with Crippen LogP contribution in [0.2, 0.25) is 0 Å². The number of unbranched alkanes of at least 4 members (excludes halogenated alkanes) is 1. The van der Waals surface area contributed by atoms with E-state index in [1.165, 1.54) is 0 Å². The average molecular weight is 188 g/mol. The summed E-state index contributed by atoms with van der Waals surface area (Å²) in [5.41, 5.74) is 0. The molecule has 1 aliphatic heterocycles. The Morgan fingerprint density at radius 2 is 2.23 bits per heavy atom. The van der Waals surface area contributed by atoms with E-state index in [4.69, 9.17) is 14.6 Å². The summed E-state index contributed by atoms with van der Waals surface area (Å²) in [6, 6.07) is 0. The van der Waals surface area contributed by atoms with Crippen molar-refractivity contribution in [3.05, 3.63) is 0 Å². The van der Waals surface area contributed by atoms with Crippen LogP contribution in [0.15, 0.2) is 0 Å². The smallest absolute Gasteiger partial charge is 0.165 e. The first-order valence-electron chi connectivity index (χ1n) is 5.13. The predicted octanol–water partition coefficient (Wildman–Crippen LogP) is 1.69. The normalized spacial score (nSPS) is 33.9. The van der Waals surface area contributed by atoms with Gasteiger partial charge in [0.2, 0.25) is 0 Å². The topological polar surface area (TPSA) is 38.7 Å². The maximum Gasteiger partial charge on any atom is 0.165 e. The third kappa shape index (κ3) is 3.25. The van der Waals surface area contributed by atoms with Crippen molar-refractivity contribution in [3.63, 3.8) is 0 Å². The van der Waals surface area contributed by atoms with Crippen LogP contribution in [0, 0.1) is 0 Å². The van der Waals surface area contributed by atoms with E-state index in [2.05, 4.69) is 6.92 Å². The van der Waals surface area contributed by atoms with E-state index in [1.807, 2.05) is 6.92 Å². The maximum atomic E-state index is 8.62. The summed E-state index contributed by atoms with van der Waals surface area (Å²) in [7, 11) is 0. The van der Waals surface area contributed by atoms with Gasteiger partial charge >= 0.3 is 0 Å². The van der Waals surface area contributed by atoms with Gasteiger partial charge in [-0.05, 0) is 32.6 Å². The van der Waals surface area contributed by atoms with Gasteiger partial charge in [0.05, 0.1) is 12.7 Å². The minimum Gasteiger partial charge on any atom is -0.396 e. The summed E-state index contributed by atoms with van der Waals surface area (Å²) in [5.74, 6) is -0.357. The quantitative estimate of drug-likeness (QED) is 0.667. The molecule has 0 aromatic rings. The Balaban J connectivity index is 2.17.